The Hall–Kier alpha value is -1.97. The fourth-order valence-corrected chi connectivity index (χ4v) is 1.86. The van der Waals surface area contributed by atoms with E-state index in [0.29, 0.717) is 17.6 Å². The van der Waals surface area contributed by atoms with Crippen molar-refractivity contribution in [1.29, 1.82) is 0 Å². The highest BCUT2D eigenvalue weighted by molar-refractivity contribution is 5.51. The minimum Gasteiger partial charge on any atom is -1.00 e. The lowest BCUT2D eigenvalue weighted by Crippen LogP contribution is -3.00. The lowest BCUT2D eigenvalue weighted by molar-refractivity contribution is -0.785. The monoisotopic (exact) mass is 321 g/mol. The van der Waals surface area contributed by atoms with Crippen molar-refractivity contribution in [2.24, 2.45) is 4.99 Å². The number of rotatable bonds is 4. The molecule has 0 fully saturated rings. The first-order valence-corrected chi connectivity index (χ1v) is 5.40. The first-order chi connectivity index (χ1) is 8.65. The summed E-state index contributed by atoms with van der Waals surface area (Å²) in [7, 11) is 0. The number of hydrogen-bond acceptors (Lipinski definition) is 3. The van der Waals surface area contributed by atoms with Crippen molar-refractivity contribution in [1.82, 2.24) is 0 Å². The molecule has 98 valence electrons. The van der Waals surface area contributed by atoms with E-state index in [1.54, 1.807) is 24.7 Å². The molecule has 1 heterocycles. The van der Waals surface area contributed by atoms with Gasteiger partial charge >= 0.3 is 0 Å². The SMILES string of the molecule is C#CC[N+]1(Cc2ccc([N+](=O)[O-])cc2)C=CN=C1.[Br-]. The van der Waals surface area contributed by atoms with Crippen LogP contribution in [0.15, 0.2) is 41.7 Å². The van der Waals surface area contributed by atoms with Crippen molar-refractivity contribution in [2.75, 3.05) is 6.54 Å². The number of nitrogens with zero attached hydrogens (tertiary/aromatic N) is 3. The van der Waals surface area contributed by atoms with Gasteiger partial charge in [0.05, 0.1) is 11.1 Å². The van der Waals surface area contributed by atoms with Crippen LogP contribution in [0.5, 0.6) is 0 Å². The third-order valence-corrected chi connectivity index (χ3v) is 2.76. The maximum absolute atomic E-state index is 10.6. The Morgan fingerprint density at radius 2 is 2.05 bits per heavy atom. The van der Waals surface area contributed by atoms with Crippen molar-refractivity contribution < 1.29 is 26.4 Å². The fraction of sp³-hybridized carbons (Fsp3) is 0.154. The van der Waals surface area contributed by atoms with Gasteiger partial charge in [-0.05, 0) is 18.1 Å². The molecule has 1 aliphatic heterocycles. The van der Waals surface area contributed by atoms with Crippen LogP contribution in [-0.4, -0.2) is 22.3 Å². The van der Waals surface area contributed by atoms with Gasteiger partial charge in [0.2, 0.25) is 0 Å². The predicted molar refractivity (Wildman–Crippen MR) is 68.4 cm³/mol. The number of hydrogen-bond donors (Lipinski definition) is 0. The van der Waals surface area contributed by atoms with E-state index in [1.807, 2.05) is 6.20 Å². The highest BCUT2D eigenvalue weighted by atomic mass is 79.9. The summed E-state index contributed by atoms with van der Waals surface area (Å²) < 4.78 is 0.453. The van der Waals surface area contributed by atoms with Crippen LogP contribution in [0.4, 0.5) is 5.69 Å². The maximum Gasteiger partial charge on any atom is 0.269 e. The number of non-ortho nitro benzene ring substituents is 1. The molecule has 0 aromatic heterocycles. The predicted octanol–water partition coefficient (Wildman–Crippen LogP) is -0.938. The number of terminal acetylenes is 1. The number of nitro benzene ring substituents is 1. The van der Waals surface area contributed by atoms with E-state index < -0.39 is 4.92 Å². The summed E-state index contributed by atoms with van der Waals surface area (Å²) in [6.07, 6.45) is 10.8. The van der Waals surface area contributed by atoms with E-state index >= 15 is 0 Å². The van der Waals surface area contributed by atoms with E-state index in [2.05, 4.69) is 10.9 Å². The van der Waals surface area contributed by atoms with Crippen LogP contribution in [0.2, 0.25) is 0 Å². The summed E-state index contributed by atoms with van der Waals surface area (Å²) in [5.74, 6) is 2.62. The van der Waals surface area contributed by atoms with Gasteiger partial charge < -0.3 is 17.0 Å². The molecule has 0 bridgehead atoms. The normalized spacial score (nSPS) is 19.7. The second-order valence-corrected chi connectivity index (χ2v) is 4.11. The van der Waals surface area contributed by atoms with Crippen LogP contribution < -0.4 is 17.0 Å². The molecule has 1 unspecified atom stereocenters. The molecule has 0 spiro atoms. The molecule has 2 rings (SSSR count). The smallest absolute Gasteiger partial charge is 0.269 e. The Kier molecular flexibility index (Phi) is 4.98. The van der Waals surface area contributed by atoms with Crippen molar-refractivity contribution in [3.05, 3.63) is 52.3 Å². The molecule has 1 aromatic rings. The van der Waals surface area contributed by atoms with Crippen molar-refractivity contribution in [2.45, 2.75) is 6.54 Å². The summed E-state index contributed by atoms with van der Waals surface area (Å²) in [6.45, 7) is 1.15. The van der Waals surface area contributed by atoms with Gasteiger partial charge in [-0.15, -0.1) is 6.42 Å². The van der Waals surface area contributed by atoms with Crippen LogP contribution in [-0.2, 0) is 6.54 Å². The molecule has 0 amide bonds. The fourth-order valence-electron chi connectivity index (χ4n) is 1.86. The van der Waals surface area contributed by atoms with Crippen LogP contribution >= 0.6 is 0 Å². The van der Waals surface area contributed by atoms with Crippen LogP contribution in [0.25, 0.3) is 0 Å². The van der Waals surface area contributed by atoms with Crippen LogP contribution in [0.1, 0.15) is 5.56 Å². The summed E-state index contributed by atoms with van der Waals surface area (Å²) in [4.78, 5) is 14.2. The Labute approximate surface area is 121 Å². The zero-order valence-electron chi connectivity index (χ0n) is 10.1. The van der Waals surface area contributed by atoms with Gasteiger partial charge in [0.1, 0.15) is 12.7 Å². The topological polar surface area (TPSA) is 55.5 Å². The Morgan fingerprint density at radius 3 is 2.53 bits per heavy atom. The Morgan fingerprint density at radius 1 is 1.37 bits per heavy atom. The van der Waals surface area contributed by atoms with Crippen molar-refractivity contribution in [3.8, 4) is 12.3 Å². The molecule has 1 aromatic carbocycles. The highest BCUT2D eigenvalue weighted by Gasteiger charge is 2.25. The van der Waals surface area contributed by atoms with Gasteiger partial charge in [-0.1, -0.05) is 0 Å². The molecule has 6 heteroatoms. The Balaban J connectivity index is 0.00000180. The van der Waals surface area contributed by atoms with Crippen molar-refractivity contribution in [3.63, 3.8) is 0 Å². The lowest BCUT2D eigenvalue weighted by Gasteiger charge is -2.24. The zero-order valence-corrected chi connectivity index (χ0v) is 11.7. The number of aliphatic imine (C=N–C) groups is 1. The molecule has 1 atom stereocenters. The third-order valence-electron chi connectivity index (χ3n) is 2.76. The van der Waals surface area contributed by atoms with Gasteiger partial charge in [0.15, 0.2) is 12.9 Å². The van der Waals surface area contributed by atoms with Gasteiger partial charge in [-0.25, -0.2) is 9.48 Å². The summed E-state index contributed by atoms with van der Waals surface area (Å²) in [6, 6.07) is 6.49. The molecule has 19 heavy (non-hydrogen) atoms. The number of quaternary nitrogens is 1. The maximum atomic E-state index is 10.6. The zero-order chi connectivity index (χ0) is 13.0. The first-order valence-electron chi connectivity index (χ1n) is 5.40. The standard InChI is InChI=1S/C13H12N3O2.BrH/c1-2-8-16(9-7-14-11-16)10-12-3-5-13(6-4-12)15(17)18;/h1,3-7,9,11H,8,10H2;1H/q+1;/p-1. The second kappa shape index (κ2) is 6.27. The van der Waals surface area contributed by atoms with E-state index in [0.717, 1.165) is 5.56 Å². The van der Waals surface area contributed by atoms with Gasteiger partial charge in [-0.3, -0.25) is 10.1 Å². The van der Waals surface area contributed by atoms with Gasteiger partial charge in [0.25, 0.3) is 5.69 Å². The average molecular weight is 322 g/mol. The average Bonchev–Trinajstić information content (AvgIpc) is 2.79. The van der Waals surface area contributed by atoms with Gasteiger partial charge in [0, 0.05) is 17.7 Å². The molecule has 0 radical (unpaired) electrons. The van der Waals surface area contributed by atoms with E-state index in [1.165, 1.54) is 12.1 Å². The molecule has 0 aliphatic carbocycles. The number of halogens is 1. The number of benzene rings is 1. The Bertz CT molecular complexity index is 546. The minimum absolute atomic E-state index is 0. The van der Waals surface area contributed by atoms with Crippen LogP contribution in [0.3, 0.4) is 0 Å². The summed E-state index contributed by atoms with van der Waals surface area (Å²) in [5.41, 5.74) is 1.07. The highest BCUT2D eigenvalue weighted by Crippen LogP contribution is 2.19. The lowest BCUT2D eigenvalue weighted by atomic mass is 10.2. The molecule has 0 saturated carbocycles. The molecule has 0 N–H and O–H groups in total. The van der Waals surface area contributed by atoms with Crippen LogP contribution in [0, 0.1) is 22.5 Å². The number of nitro groups is 1. The second-order valence-electron chi connectivity index (χ2n) is 4.11. The molecular weight excluding hydrogens is 310 g/mol. The quantitative estimate of drug-likeness (QED) is 0.311. The molecular formula is C13H12BrN3O2. The van der Waals surface area contributed by atoms with E-state index in [9.17, 15) is 10.1 Å². The molecule has 5 nitrogen and oxygen atoms in total. The molecule has 1 aliphatic rings. The summed E-state index contributed by atoms with van der Waals surface area (Å²) in [5, 5.41) is 10.6. The molecule has 0 saturated heterocycles. The van der Waals surface area contributed by atoms with E-state index in [4.69, 9.17) is 6.42 Å². The van der Waals surface area contributed by atoms with Crippen molar-refractivity contribution >= 4 is 12.0 Å². The van der Waals surface area contributed by atoms with E-state index in [-0.39, 0.29) is 22.7 Å². The van der Waals surface area contributed by atoms with Gasteiger partial charge in [-0.2, -0.15) is 0 Å². The third kappa shape index (κ3) is 3.50. The summed E-state index contributed by atoms with van der Waals surface area (Å²) >= 11 is 0. The largest absolute Gasteiger partial charge is 1.00 e. The first kappa shape index (κ1) is 15.1. The minimum atomic E-state index is -0.410.